The van der Waals surface area contributed by atoms with Crippen molar-refractivity contribution in [3.05, 3.63) is 54.0 Å². The van der Waals surface area contributed by atoms with Crippen LogP contribution in [0, 0.1) is 5.82 Å². The van der Waals surface area contributed by atoms with E-state index in [2.05, 4.69) is 20.8 Å². The van der Waals surface area contributed by atoms with Gasteiger partial charge in [0.25, 0.3) is 0 Å². The minimum Gasteiger partial charge on any atom is -0.493 e. The molecule has 1 fully saturated rings. The molecule has 1 heterocycles. The number of benzene rings is 2. The van der Waals surface area contributed by atoms with E-state index < -0.39 is 6.03 Å². The molecular formula is C21H21FN4O3. The predicted molar refractivity (Wildman–Crippen MR) is 108 cm³/mol. The van der Waals surface area contributed by atoms with E-state index in [0.29, 0.717) is 34.5 Å². The monoisotopic (exact) mass is 396 g/mol. The summed E-state index contributed by atoms with van der Waals surface area (Å²) >= 11 is 0. The fourth-order valence-electron chi connectivity index (χ4n) is 3.15. The molecule has 0 radical (unpaired) electrons. The van der Waals surface area contributed by atoms with Gasteiger partial charge >= 0.3 is 6.03 Å². The minimum atomic E-state index is -0.429. The number of methoxy groups -OCH3 is 2. The molecule has 29 heavy (non-hydrogen) atoms. The molecule has 2 amide bonds. The van der Waals surface area contributed by atoms with Gasteiger partial charge in [-0.1, -0.05) is 0 Å². The SMILES string of the molecule is COc1ccc(-c2n[nH]c(C3CC3)c2NC(=O)Nc2ccc(F)cc2)cc1OC. The Bertz CT molecular complexity index is 1030. The zero-order valence-electron chi connectivity index (χ0n) is 16.1. The van der Waals surface area contributed by atoms with Crippen LogP contribution in [0.1, 0.15) is 24.5 Å². The summed E-state index contributed by atoms with van der Waals surface area (Å²) in [6.07, 6.45) is 2.09. The molecule has 3 aromatic rings. The molecule has 1 aromatic heterocycles. The van der Waals surface area contributed by atoms with Gasteiger partial charge < -0.3 is 20.1 Å². The van der Waals surface area contributed by atoms with E-state index in [-0.39, 0.29) is 5.82 Å². The number of urea groups is 1. The van der Waals surface area contributed by atoms with E-state index in [1.807, 2.05) is 12.1 Å². The van der Waals surface area contributed by atoms with Crippen LogP contribution < -0.4 is 20.1 Å². The van der Waals surface area contributed by atoms with Gasteiger partial charge in [-0.3, -0.25) is 5.10 Å². The van der Waals surface area contributed by atoms with Gasteiger partial charge in [-0.2, -0.15) is 5.10 Å². The third-order valence-corrected chi connectivity index (χ3v) is 4.78. The van der Waals surface area contributed by atoms with Gasteiger partial charge in [0.05, 0.1) is 25.6 Å². The molecule has 0 saturated heterocycles. The topological polar surface area (TPSA) is 88.3 Å². The number of nitrogens with one attached hydrogen (secondary N) is 3. The first-order valence-corrected chi connectivity index (χ1v) is 9.23. The first-order valence-electron chi connectivity index (χ1n) is 9.23. The smallest absolute Gasteiger partial charge is 0.323 e. The molecule has 3 N–H and O–H groups in total. The lowest BCUT2D eigenvalue weighted by atomic mass is 10.1. The first kappa shape index (κ1) is 18.8. The zero-order chi connectivity index (χ0) is 20.4. The summed E-state index contributed by atoms with van der Waals surface area (Å²) in [6.45, 7) is 0. The van der Waals surface area contributed by atoms with Crippen LogP contribution in [0.25, 0.3) is 11.3 Å². The Morgan fingerprint density at radius 2 is 1.79 bits per heavy atom. The van der Waals surface area contributed by atoms with E-state index in [1.165, 1.54) is 24.3 Å². The molecular weight excluding hydrogens is 375 g/mol. The van der Waals surface area contributed by atoms with Gasteiger partial charge in [0.2, 0.25) is 0 Å². The van der Waals surface area contributed by atoms with Crippen LogP contribution in [0.5, 0.6) is 11.5 Å². The second-order valence-electron chi connectivity index (χ2n) is 6.79. The summed E-state index contributed by atoms with van der Waals surface area (Å²) < 4.78 is 23.7. The van der Waals surface area contributed by atoms with Crippen molar-refractivity contribution in [2.24, 2.45) is 0 Å². The molecule has 4 rings (SSSR count). The summed E-state index contributed by atoms with van der Waals surface area (Å²) in [5.41, 5.74) is 3.40. The molecule has 150 valence electrons. The molecule has 1 aliphatic rings. The van der Waals surface area contributed by atoms with Crippen molar-refractivity contribution >= 4 is 17.4 Å². The van der Waals surface area contributed by atoms with Crippen LogP contribution in [-0.4, -0.2) is 30.4 Å². The van der Waals surface area contributed by atoms with Crippen LogP contribution in [0.15, 0.2) is 42.5 Å². The van der Waals surface area contributed by atoms with Crippen LogP contribution in [0.2, 0.25) is 0 Å². The molecule has 0 spiro atoms. The molecule has 7 nitrogen and oxygen atoms in total. The van der Waals surface area contributed by atoms with Gasteiger partial charge in [-0.05, 0) is 55.3 Å². The number of carbonyl (C=O) groups is 1. The zero-order valence-corrected chi connectivity index (χ0v) is 16.1. The van der Waals surface area contributed by atoms with Crippen molar-refractivity contribution in [1.29, 1.82) is 0 Å². The third-order valence-electron chi connectivity index (χ3n) is 4.78. The van der Waals surface area contributed by atoms with E-state index >= 15 is 0 Å². The lowest BCUT2D eigenvalue weighted by Gasteiger charge is -2.12. The summed E-state index contributed by atoms with van der Waals surface area (Å²) in [6, 6.07) is 10.6. The van der Waals surface area contributed by atoms with E-state index in [0.717, 1.165) is 24.1 Å². The van der Waals surface area contributed by atoms with Crippen LogP contribution in [0.4, 0.5) is 20.6 Å². The average molecular weight is 396 g/mol. The minimum absolute atomic E-state index is 0.345. The van der Waals surface area contributed by atoms with E-state index in [9.17, 15) is 9.18 Å². The number of nitrogens with zero attached hydrogens (tertiary/aromatic N) is 1. The highest BCUT2D eigenvalue weighted by molar-refractivity contribution is 6.02. The summed E-state index contributed by atoms with van der Waals surface area (Å²) in [7, 11) is 3.14. The Morgan fingerprint density at radius 1 is 1.07 bits per heavy atom. The molecule has 8 heteroatoms. The van der Waals surface area contributed by atoms with Gasteiger partial charge in [-0.15, -0.1) is 0 Å². The van der Waals surface area contributed by atoms with Crippen molar-refractivity contribution in [2.75, 3.05) is 24.9 Å². The Balaban J connectivity index is 1.63. The van der Waals surface area contributed by atoms with Crippen molar-refractivity contribution in [3.8, 4) is 22.8 Å². The number of aromatic amines is 1. The number of rotatable bonds is 6. The van der Waals surface area contributed by atoms with Crippen LogP contribution in [-0.2, 0) is 0 Å². The number of carbonyl (C=O) groups excluding carboxylic acids is 1. The molecule has 0 unspecified atom stereocenters. The lowest BCUT2D eigenvalue weighted by molar-refractivity contribution is 0.262. The maximum absolute atomic E-state index is 13.1. The quantitative estimate of drug-likeness (QED) is 0.561. The lowest BCUT2D eigenvalue weighted by Crippen LogP contribution is -2.20. The number of hydrogen-bond acceptors (Lipinski definition) is 4. The predicted octanol–water partition coefficient (Wildman–Crippen LogP) is 4.75. The van der Waals surface area contributed by atoms with Crippen LogP contribution >= 0.6 is 0 Å². The van der Waals surface area contributed by atoms with Gasteiger partial charge in [0.15, 0.2) is 11.5 Å². The fourth-order valence-corrected chi connectivity index (χ4v) is 3.15. The fraction of sp³-hybridized carbons (Fsp3) is 0.238. The maximum atomic E-state index is 13.1. The van der Waals surface area contributed by atoms with Gasteiger partial charge in [0.1, 0.15) is 11.5 Å². The summed E-state index contributed by atoms with van der Waals surface area (Å²) in [5, 5.41) is 13.1. The highest BCUT2D eigenvalue weighted by Gasteiger charge is 2.31. The standard InChI is InChI=1S/C21H21FN4O3/c1-28-16-10-5-13(11-17(16)29-2)19-20(18(25-26-19)12-3-4-12)24-21(27)23-15-8-6-14(22)7-9-15/h5-12H,3-4H2,1-2H3,(H,25,26)(H2,23,24,27). The molecule has 2 aromatic carbocycles. The number of amides is 2. The molecule has 0 atom stereocenters. The Morgan fingerprint density at radius 3 is 2.45 bits per heavy atom. The maximum Gasteiger partial charge on any atom is 0.323 e. The Kier molecular flexibility index (Phi) is 5.07. The van der Waals surface area contributed by atoms with Crippen molar-refractivity contribution in [2.45, 2.75) is 18.8 Å². The Hall–Kier alpha value is -3.55. The van der Waals surface area contributed by atoms with Gasteiger partial charge in [-0.25, -0.2) is 9.18 Å². The largest absolute Gasteiger partial charge is 0.493 e. The second kappa shape index (κ2) is 7.83. The van der Waals surface area contributed by atoms with Crippen molar-refractivity contribution < 1.29 is 18.7 Å². The number of hydrogen-bond donors (Lipinski definition) is 3. The average Bonchev–Trinajstić information content (AvgIpc) is 3.50. The summed E-state index contributed by atoms with van der Waals surface area (Å²) in [5.74, 6) is 1.16. The number of anilines is 2. The number of H-pyrrole nitrogens is 1. The van der Waals surface area contributed by atoms with E-state index in [4.69, 9.17) is 9.47 Å². The number of halogens is 1. The highest BCUT2D eigenvalue weighted by Crippen LogP contribution is 2.45. The van der Waals surface area contributed by atoms with Crippen molar-refractivity contribution in [1.82, 2.24) is 10.2 Å². The normalized spacial score (nSPS) is 13.1. The number of ether oxygens (including phenoxy) is 2. The van der Waals surface area contributed by atoms with Crippen LogP contribution in [0.3, 0.4) is 0 Å². The second-order valence-corrected chi connectivity index (χ2v) is 6.79. The van der Waals surface area contributed by atoms with E-state index in [1.54, 1.807) is 20.3 Å². The van der Waals surface area contributed by atoms with Crippen molar-refractivity contribution in [3.63, 3.8) is 0 Å². The third kappa shape index (κ3) is 4.01. The molecule has 1 aliphatic carbocycles. The molecule has 0 aliphatic heterocycles. The first-order chi connectivity index (χ1) is 14.1. The Labute approximate surface area is 167 Å². The number of aromatic nitrogens is 2. The molecule has 0 bridgehead atoms. The van der Waals surface area contributed by atoms with Gasteiger partial charge in [0, 0.05) is 17.2 Å². The summed E-state index contributed by atoms with van der Waals surface area (Å²) in [4.78, 5) is 12.6. The highest BCUT2D eigenvalue weighted by atomic mass is 19.1. The molecule has 1 saturated carbocycles.